The second-order valence-electron chi connectivity index (χ2n) is 8.91. The third-order valence-corrected chi connectivity index (χ3v) is 7.10. The molecule has 6 rings (SSSR count). The van der Waals surface area contributed by atoms with E-state index in [1.165, 1.54) is 24.2 Å². The van der Waals surface area contributed by atoms with Crippen molar-refractivity contribution in [2.24, 2.45) is 13.0 Å². The van der Waals surface area contributed by atoms with Gasteiger partial charge in [0.1, 0.15) is 5.82 Å². The first-order chi connectivity index (χ1) is 15.1. The quantitative estimate of drug-likeness (QED) is 0.814. The number of benzene rings is 1. The van der Waals surface area contributed by atoms with Crippen LogP contribution in [0.15, 0.2) is 30.3 Å². The Bertz CT molecular complexity index is 925. The van der Waals surface area contributed by atoms with Crippen molar-refractivity contribution in [2.75, 3.05) is 45.9 Å². The average molecular weight is 428 g/mol. The third kappa shape index (κ3) is 4.19. The van der Waals surface area contributed by atoms with Crippen molar-refractivity contribution in [1.29, 1.82) is 0 Å². The number of rotatable bonds is 4. The van der Waals surface area contributed by atoms with Gasteiger partial charge in [-0.25, -0.2) is 9.18 Å². The minimum Gasteiger partial charge on any atom is -0.378 e. The maximum Gasteiger partial charge on any atom is 0.317 e. The Morgan fingerprint density at radius 3 is 2.71 bits per heavy atom. The lowest BCUT2D eigenvalue weighted by molar-refractivity contribution is 0.0265. The summed E-state index contributed by atoms with van der Waals surface area (Å²) in [6.07, 6.45) is 2.26. The van der Waals surface area contributed by atoms with Crippen LogP contribution in [-0.4, -0.2) is 77.6 Å². The van der Waals surface area contributed by atoms with E-state index in [1.54, 1.807) is 12.1 Å². The van der Waals surface area contributed by atoms with E-state index in [-0.39, 0.29) is 11.8 Å². The summed E-state index contributed by atoms with van der Waals surface area (Å²) >= 11 is 0. The van der Waals surface area contributed by atoms with Gasteiger partial charge in [-0.05, 0) is 55.6 Å². The topological polar surface area (TPSA) is 62.6 Å². The van der Waals surface area contributed by atoms with E-state index in [9.17, 15) is 9.18 Å². The van der Waals surface area contributed by atoms with Gasteiger partial charge in [-0.2, -0.15) is 5.10 Å². The zero-order chi connectivity index (χ0) is 21.4. The molecule has 1 aromatic carbocycles. The normalized spacial score (nSPS) is 28.0. The van der Waals surface area contributed by atoms with E-state index in [4.69, 9.17) is 9.84 Å². The molecule has 166 valence electrons. The van der Waals surface area contributed by atoms with Gasteiger partial charge in [0.05, 0.1) is 18.9 Å². The molecule has 0 radical (unpaired) electrons. The molecule has 4 atom stereocenters. The molecule has 2 aromatic rings. The average Bonchev–Trinajstić information content (AvgIpc) is 3.20. The number of hydrogen-bond acceptors (Lipinski definition) is 4. The van der Waals surface area contributed by atoms with Crippen LogP contribution in [0.25, 0.3) is 11.3 Å². The molecule has 8 heteroatoms. The maximum absolute atomic E-state index is 13.3. The minimum atomic E-state index is -0.232. The lowest BCUT2D eigenvalue weighted by atomic mass is 9.74. The van der Waals surface area contributed by atoms with E-state index < -0.39 is 0 Å². The zero-order valence-electron chi connectivity index (χ0n) is 18.0. The van der Waals surface area contributed by atoms with Crippen LogP contribution in [0.4, 0.5) is 9.18 Å². The summed E-state index contributed by atoms with van der Waals surface area (Å²) < 4.78 is 20.6. The van der Waals surface area contributed by atoms with Gasteiger partial charge in [0.2, 0.25) is 0 Å². The summed E-state index contributed by atoms with van der Waals surface area (Å²) in [5, 5.41) is 7.85. The van der Waals surface area contributed by atoms with Crippen molar-refractivity contribution >= 4 is 6.03 Å². The number of halogens is 1. The number of aromatic nitrogens is 2. The number of morpholine rings is 1. The van der Waals surface area contributed by atoms with Gasteiger partial charge in [0.15, 0.2) is 0 Å². The van der Waals surface area contributed by atoms with E-state index in [0.29, 0.717) is 50.7 Å². The molecular weight excluding hydrogens is 397 g/mol. The molecule has 1 aromatic heterocycles. The van der Waals surface area contributed by atoms with Crippen molar-refractivity contribution in [1.82, 2.24) is 24.9 Å². The molecule has 1 unspecified atom stereocenters. The number of carbonyl (C=O) groups is 1. The highest BCUT2D eigenvalue weighted by Gasteiger charge is 2.42. The van der Waals surface area contributed by atoms with Gasteiger partial charge in [-0.15, -0.1) is 0 Å². The monoisotopic (exact) mass is 427 g/mol. The highest BCUT2D eigenvalue weighted by atomic mass is 19.1. The molecule has 0 aliphatic carbocycles. The number of piperidine rings is 3. The minimum absolute atomic E-state index is 0.0260. The van der Waals surface area contributed by atoms with E-state index in [0.717, 1.165) is 30.8 Å². The fourth-order valence-electron chi connectivity index (χ4n) is 5.36. The lowest BCUT2D eigenvalue weighted by Crippen LogP contribution is -2.57. The van der Waals surface area contributed by atoms with Crippen LogP contribution >= 0.6 is 0 Å². The highest BCUT2D eigenvalue weighted by Crippen LogP contribution is 2.42. The number of amides is 2. The van der Waals surface area contributed by atoms with Crippen LogP contribution in [0, 0.1) is 11.7 Å². The molecule has 2 bridgehead atoms. The third-order valence-electron chi connectivity index (χ3n) is 7.10. The van der Waals surface area contributed by atoms with Crippen LogP contribution < -0.4 is 5.32 Å². The molecule has 31 heavy (non-hydrogen) atoms. The number of carbonyl (C=O) groups excluding carboxylic acids is 1. The molecule has 0 spiro atoms. The standard InChI is InChI=1S/C23H30FN5O2/c1-27-22(13-21(26-27)16-2-4-18(24)5-3-16)20-15-29-7-6-17(20)12-19(29)14-25-23(30)28-8-10-31-11-9-28/h2-5,13,17,19-20H,6-12,14-15H2,1H3,(H,25,30)/t17-,19+,20-/m0/s1. The van der Waals surface area contributed by atoms with Crippen LogP contribution in [0.5, 0.6) is 0 Å². The first-order valence-electron chi connectivity index (χ1n) is 11.2. The lowest BCUT2D eigenvalue weighted by Gasteiger charge is -2.50. The van der Waals surface area contributed by atoms with E-state index in [1.807, 2.05) is 16.6 Å². The molecule has 5 heterocycles. The second kappa shape index (κ2) is 8.59. The van der Waals surface area contributed by atoms with Crippen molar-refractivity contribution < 1.29 is 13.9 Å². The van der Waals surface area contributed by atoms with Crippen LogP contribution in [0.3, 0.4) is 0 Å². The molecule has 7 nitrogen and oxygen atoms in total. The van der Waals surface area contributed by atoms with E-state index >= 15 is 0 Å². The van der Waals surface area contributed by atoms with Crippen molar-refractivity contribution in [3.8, 4) is 11.3 Å². The van der Waals surface area contributed by atoms with Gasteiger partial charge in [0, 0.05) is 56.4 Å². The molecule has 4 aliphatic rings. The summed E-state index contributed by atoms with van der Waals surface area (Å²) in [5.41, 5.74) is 3.07. The highest BCUT2D eigenvalue weighted by molar-refractivity contribution is 5.74. The molecule has 1 N–H and O–H groups in total. The summed E-state index contributed by atoms with van der Waals surface area (Å²) in [7, 11) is 2.00. The molecular formula is C23H30FN5O2. The Labute approximate surface area is 182 Å². The molecule has 0 saturated carbocycles. The number of urea groups is 1. The molecule has 4 aliphatic heterocycles. The predicted molar refractivity (Wildman–Crippen MR) is 115 cm³/mol. The fourth-order valence-corrected chi connectivity index (χ4v) is 5.36. The van der Waals surface area contributed by atoms with Crippen LogP contribution in [0.1, 0.15) is 24.5 Å². The summed E-state index contributed by atoms with van der Waals surface area (Å²) in [6, 6.07) is 9.11. The Balaban J connectivity index is 1.23. The van der Waals surface area contributed by atoms with Gasteiger partial charge >= 0.3 is 6.03 Å². The SMILES string of the molecule is Cn1nc(-c2ccc(F)cc2)cc1[C@H]1CN2CC[C@H]1C[C@@H]2CNC(=O)N1CCOCC1. The predicted octanol–water partition coefficient (Wildman–Crippen LogP) is 2.45. The van der Waals surface area contributed by atoms with Crippen LogP contribution in [-0.2, 0) is 11.8 Å². The summed E-state index contributed by atoms with van der Waals surface area (Å²) in [5.74, 6) is 0.794. The first-order valence-corrected chi connectivity index (χ1v) is 11.2. The molecule has 4 saturated heterocycles. The van der Waals surface area contributed by atoms with Gasteiger partial charge in [-0.3, -0.25) is 9.58 Å². The number of hydrogen-bond donors (Lipinski definition) is 1. The maximum atomic E-state index is 13.3. The first kappa shape index (κ1) is 20.5. The smallest absolute Gasteiger partial charge is 0.317 e. The summed E-state index contributed by atoms with van der Waals surface area (Å²) in [6.45, 7) is 5.36. The number of fused-ring (bicyclic) bond motifs is 3. The second-order valence-corrected chi connectivity index (χ2v) is 8.91. The van der Waals surface area contributed by atoms with Gasteiger partial charge < -0.3 is 15.0 Å². The zero-order valence-corrected chi connectivity index (χ0v) is 18.0. The Hall–Kier alpha value is -2.45. The van der Waals surface area contributed by atoms with Crippen LogP contribution in [0.2, 0.25) is 0 Å². The Morgan fingerprint density at radius 2 is 2.00 bits per heavy atom. The number of ether oxygens (including phenoxy) is 1. The Kier molecular flexibility index (Phi) is 5.67. The van der Waals surface area contributed by atoms with E-state index in [2.05, 4.69) is 16.3 Å². The number of nitrogens with one attached hydrogen (secondary N) is 1. The van der Waals surface area contributed by atoms with Crippen molar-refractivity contribution in [2.45, 2.75) is 24.8 Å². The van der Waals surface area contributed by atoms with Crippen molar-refractivity contribution in [3.05, 3.63) is 41.8 Å². The van der Waals surface area contributed by atoms with Gasteiger partial charge in [-0.1, -0.05) is 0 Å². The summed E-state index contributed by atoms with van der Waals surface area (Å²) in [4.78, 5) is 16.8. The van der Waals surface area contributed by atoms with Gasteiger partial charge in [0.25, 0.3) is 0 Å². The Morgan fingerprint density at radius 1 is 1.23 bits per heavy atom. The largest absolute Gasteiger partial charge is 0.378 e. The molecule has 4 fully saturated rings. The fraction of sp³-hybridized carbons (Fsp3) is 0.565. The number of nitrogens with zero attached hydrogens (tertiary/aromatic N) is 4. The molecule has 2 amide bonds. The van der Waals surface area contributed by atoms with Crippen molar-refractivity contribution in [3.63, 3.8) is 0 Å². The number of aryl methyl sites for hydroxylation is 1.